The fourth-order valence-corrected chi connectivity index (χ4v) is 5.38. The van der Waals surface area contributed by atoms with Crippen LogP contribution >= 0.6 is 0 Å². The summed E-state index contributed by atoms with van der Waals surface area (Å²) in [6, 6.07) is 16.9. The molecule has 0 saturated heterocycles. The van der Waals surface area contributed by atoms with Crippen LogP contribution in [0, 0.1) is 6.92 Å². The predicted octanol–water partition coefficient (Wildman–Crippen LogP) is 5.65. The minimum absolute atomic E-state index is 0.426. The quantitative estimate of drug-likeness (QED) is 0.651. The van der Waals surface area contributed by atoms with Gasteiger partial charge in [0.05, 0.1) is 12.2 Å². The summed E-state index contributed by atoms with van der Waals surface area (Å²) in [5.74, 6) is 0. The van der Waals surface area contributed by atoms with Crippen LogP contribution < -0.4 is 0 Å². The van der Waals surface area contributed by atoms with Crippen LogP contribution in [0.5, 0.6) is 0 Å². The highest BCUT2D eigenvalue weighted by Gasteiger charge is 2.56. The topological polar surface area (TPSA) is 40.5 Å². The largest absolute Gasteiger partial charge is 0.389 e. The molecule has 3 rings (SSSR count). The van der Waals surface area contributed by atoms with E-state index in [1.165, 1.54) is 16.7 Å². The van der Waals surface area contributed by atoms with Crippen molar-refractivity contribution in [3.05, 3.63) is 70.8 Å². The van der Waals surface area contributed by atoms with Crippen molar-refractivity contribution in [2.75, 3.05) is 0 Å². The molecule has 0 unspecified atom stereocenters. The zero-order chi connectivity index (χ0) is 20.4. The van der Waals surface area contributed by atoms with Gasteiger partial charge >= 0.3 is 0 Å². The number of aryl methyl sites for hydroxylation is 1. The molecule has 0 fully saturated rings. The molecule has 0 aliphatic heterocycles. The molecule has 28 heavy (non-hydrogen) atoms. The maximum atomic E-state index is 11.7. The average Bonchev–Trinajstić information content (AvgIpc) is 2.72. The summed E-state index contributed by atoms with van der Waals surface area (Å²) in [6.45, 7) is 8.63. The van der Waals surface area contributed by atoms with E-state index >= 15 is 0 Å². The SMILES string of the molecule is CCCC[C@@]1(c2ccccc2C)c2ccccc2[C@@](C)(CCCC)[C@@H](O)[C@H]1O. The molecule has 0 aromatic heterocycles. The van der Waals surface area contributed by atoms with Gasteiger partial charge in [0.25, 0.3) is 0 Å². The summed E-state index contributed by atoms with van der Waals surface area (Å²) in [5, 5.41) is 23.2. The Kier molecular flexibility index (Phi) is 6.31. The van der Waals surface area contributed by atoms with Crippen molar-refractivity contribution in [2.45, 2.75) is 89.3 Å². The van der Waals surface area contributed by atoms with Crippen LogP contribution in [0.15, 0.2) is 48.5 Å². The zero-order valence-corrected chi connectivity index (χ0v) is 17.9. The van der Waals surface area contributed by atoms with Gasteiger partial charge < -0.3 is 10.2 Å². The molecule has 2 nitrogen and oxygen atoms in total. The Morgan fingerprint density at radius 3 is 1.89 bits per heavy atom. The zero-order valence-electron chi connectivity index (χ0n) is 17.9. The minimum atomic E-state index is -0.822. The van der Waals surface area contributed by atoms with Crippen molar-refractivity contribution >= 4 is 0 Å². The van der Waals surface area contributed by atoms with Gasteiger partial charge in [0, 0.05) is 10.8 Å². The summed E-state index contributed by atoms with van der Waals surface area (Å²) in [7, 11) is 0. The molecular formula is C26H36O2. The Morgan fingerprint density at radius 1 is 0.750 bits per heavy atom. The summed E-state index contributed by atoms with van der Waals surface area (Å²) in [6.07, 6.45) is 4.32. The first-order valence-corrected chi connectivity index (χ1v) is 11.0. The van der Waals surface area contributed by atoms with Crippen LogP contribution in [0.4, 0.5) is 0 Å². The van der Waals surface area contributed by atoms with Gasteiger partial charge in [-0.2, -0.15) is 0 Å². The number of rotatable bonds is 7. The molecule has 2 heteroatoms. The Labute approximate surface area is 170 Å². The first kappa shape index (κ1) is 21.1. The van der Waals surface area contributed by atoms with Gasteiger partial charge in [-0.25, -0.2) is 0 Å². The molecule has 4 atom stereocenters. The number of unbranched alkanes of at least 4 members (excludes halogenated alkanes) is 2. The van der Waals surface area contributed by atoms with E-state index in [1.54, 1.807) is 0 Å². The second-order valence-corrected chi connectivity index (χ2v) is 8.85. The van der Waals surface area contributed by atoms with E-state index in [0.29, 0.717) is 0 Å². The van der Waals surface area contributed by atoms with Crippen molar-refractivity contribution in [3.63, 3.8) is 0 Å². The Hall–Kier alpha value is -1.64. The minimum Gasteiger partial charge on any atom is -0.389 e. The highest BCUT2D eigenvalue weighted by atomic mass is 16.3. The first-order valence-electron chi connectivity index (χ1n) is 11.0. The van der Waals surface area contributed by atoms with E-state index in [9.17, 15) is 10.2 Å². The second-order valence-electron chi connectivity index (χ2n) is 8.85. The highest BCUT2D eigenvalue weighted by Crippen LogP contribution is 2.54. The van der Waals surface area contributed by atoms with E-state index in [0.717, 1.165) is 44.1 Å². The highest BCUT2D eigenvalue weighted by molar-refractivity contribution is 5.54. The fraction of sp³-hybridized carbons (Fsp3) is 0.538. The third-order valence-electron chi connectivity index (χ3n) is 7.08. The van der Waals surface area contributed by atoms with Gasteiger partial charge in [-0.3, -0.25) is 0 Å². The summed E-state index contributed by atoms with van der Waals surface area (Å²) >= 11 is 0. The lowest BCUT2D eigenvalue weighted by Gasteiger charge is -2.54. The maximum absolute atomic E-state index is 11.7. The Balaban J connectivity index is 2.30. The van der Waals surface area contributed by atoms with E-state index in [4.69, 9.17) is 0 Å². The van der Waals surface area contributed by atoms with E-state index in [2.05, 4.69) is 76.2 Å². The molecule has 0 amide bonds. The van der Waals surface area contributed by atoms with Gasteiger partial charge in [0.2, 0.25) is 0 Å². The van der Waals surface area contributed by atoms with Crippen molar-refractivity contribution in [2.24, 2.45) is 0 Å². The number of hydrogen-bond donors (Lipinski definition) is 2. The van der Waals surface area contributed by atoms with Crippen LogP contribution in [0.1, 0.15) is 81.5 Å². The number of aliphatic hydroxyl groups excluding tert-OH is 2. The molecular weight excluding hydrogens is 344 g/mol. The van der Waals surface area contributed by atoms with Gasteiger partial charge in [0.1, 0.15) is 0 Å². The molecule has 152 valence electrons. The fourth-order valence-electron chi connectivity index (χ4n) is 5.38. The van der Waals surface area contributed by atoms with Crippen LogP contribution in [-0.2, 0) is 10.8 Å². The number of hydrogen-bond acceptors (Lipinski definition) is 2. The van der Waals surface area contributed by atoms with E-state index in [-0.39, 0.29) is 0 Å². The monoisotopic (exact) mass is 380 g/mol. The molecule has 0 bridgehead atoms. The molecule has 1 aliphatic rings. The first-order chi connectivity index (χ1) is 13.4. The van der Waals surface area contributed by atoms with Crippen molar-refractivity contribution in [1.82, 2.24) is 0 Å². The van der Waals surface area contributed by atoms with Gasteiger partial charge in [-0.15, -0.1) is 0 Å². The molecule has 1 aliphatic carbocycles. The molecule has 2 aromatic carbocycles. The number of aliphatic hydroxyl groups is 2. The predicted molar refractivity (Wildman–Crippen MR) is 117 cm³/mol. The number of fused-ring (bicyclic) bond motifs is 1. The summed E-state index contributed by atoms with van der Waals surface area (Å²) in [4.78, 5) is 0. The van der Waals surface area contributed by atoms with Crippen LogP contribution in [-0.4, -0.2) is 22.4 Å². The second kappa shape index (κ2) is 8.39. The molecule has 0 saturated carbocycles. The third kappa shape index (κ3) is 3.21. The van der Waals surface area contributed by atoms with Crippen molar-refractivity contribution in [1.29, 1.82) is 0 Å². The van der Waals surface area contributed by atoms with Crippen LogP contribution in [0.25, 0.3) is 0 Å². The smallest absolute Gasteiger partial charge is 0.0944 e. The lowest BCUT2D eigenvalue weighted by atomic mass is 9.53. The molecule has 0 radical (unpaired) electrons. The standard InChI is InChI=1S/C26H36O2/c1-5-7-17-25(4)21-15-11-12-16-22(21)26(18-8-6-2,24(28)23(25)27)20-14-10-9-13-19(20)3/h9-16,23-24,27-28H,5-8,17-18H2,1-4H3/t23-,24+,25+,26+/m0/s1. The van der Waals surface area contributed by atoms with Gasteiger partial charge in [0.15, 0.2) is 0 Å². The Morgan fingerprint density at radius 2 is 1.29 bits per heavy atom. The molecule has 2 N–H and O–H groups in total. The normalized spacial score (nSPS) is 29.5. The van der Waals surface area contributed by atoms with Crippen molar-refractivity contribution < 1.29 is 10.2 Å². The average molecular weight is 381 g/mol. The maximum Gasteiger partial charge on any atom is 0.0944 e. The third-order valence-corrected chi connectivity index (χ3v) is 7.08. The van der Waals surface area contributed by atoms with Gasteiger partial charge in [-0.05, 0) is 42.0 Å². The lowest BCUT2D eigenvalue weighted by Crippen LogP contribution is -2.60. The van der Waals surface area contributed by atoms with Crippen LogP contribution in [0.3, 0.4) is 0 Å². The van der Waals surface area contributed by atoms with Gasteiger partial charge in [-0.1, -0.05) is 95.0 Å². The van der Waals surface area contributed by atoms with E-state index < -0.39 is 23.0 Å². The molecule has 0 heterocycles. The molecule has 0 spiro atoms. The molecule has 2 aromatic rings. The summed E-state index contributed by atoms with van der Waals surface area (Å²) in [5.41, 5.74) is 3.75. The van der Waals surface area contributed by atoms with Crippen LogP contribution in [0.2, 0.25) is 0 Å². The summed E-state index contributed by atoms with van der Waals surface area (Å²) < 4.78 is 0. The Bertz CT molecular complexity index is 799. The van der Waals surface area contributed by atoms with E-state index in [1.807, 2.05) is 0 Å². The number of benzene rings is 2. The van der Waals surface area contributed by atoms with Crippen molar-refractivity contribution in [3.8, 4) is 0 Å². The lowest BCUT2D eigenvalue weighted by molar-refractivity contribution is -0.0757.